The minimum atomic E-state index is -0.883. The molecule has 280 valence electrons. The number of carbonyl (C=O) groups is 4. The predicted octanol–water partition coefficient (Wildman–Crippen LogP) is 6.25. The van der Waals surface area contributed by atoms with Gasteiger partial charge in [-0.3, -0.25) is 14.5 Å². The lowest BCUT2D eigenvalue weighted by atomic mass is 9.96. The number of pyridine rings is 1. The Morgan fingerprint density at radius 3 is 2.49 bits per heavy atom. The molecule has 0 aliphatic heterocycles. The largest absolute Gasteiger partial charge is 0.511 e. The van der Waals surface area contributed by atoms with E-state index in [1.54, 1.807) is 48.7 Å². The van der Waals surface area contributed by atoms with Gasteiger partial charge in [-0.05, 0) is 80.3 Å². The number of hydrogen-bond donors (Lipinski definition) is 2. The average molecular weight is 728 g/mol. The van der Waals surface area contributed by atoms with Crippen LogP contribution in [0.25, 0.3) is 11.0 Å². The molecule has 3 N–H and O–H groups in total. The zero-order chi connectivity index (χ0) is 37.6. The summed E-state index contributed by atoms with van der Waals surface area (Å²) in [6.45, 7) is 2.20. The second kappa shape index (κ2) is 19.0. The third-order valence-electron chi connectivity index (χ3n) is 8.71. The summed E-state index contributed by atoms with van der Waals surface area (Å²) in [6.07, 6.45) is 6.23. The molecule has 4 aromatic rings. The van der Waals surface area contributed by atoms with Crippen molar-refractivity contribution in [2.75, 3.05) is 30.2 Å². The van der Waals surface area contributed by atoms with Crippen LogP contribution in [-0.4, -0.2) is 70.5 Å². The molecule has 5 rings (SSSR count). The number of hydrogen-bond acceptors (Lipinski definition) is 11. The molecule has 1 aliphatic carbocycles. The number of aromatic nitrogens is 3. The van der Waals surface area contributed by atoms with Gasteiger partial charge in [-0.15, -0.1) is 0 Å². The molecular formula is C38H45N7O8. The Balaban J connectivity index is 1.17. The van der Waals surface area contributed by atoms with Crippen molar-refractivity contribution in [2.45, 2.75) is 70.9 Å². The summed E-state index contributed by atoms with van der Waals surface area (Å²) < 4.78 is 22.0. The number of aryl methyl sites for hydroxylation is 1. The highest BCUT2D eigenvalue weighted by atomic mass is 16.8. The van der Waals surface area contributed by atoms with E-state index in [1.807, 2.05) is 29.8 Å². The molecule has 2 aromatic heterocycles. The molecule has 2 heterocycles. The number of anilines is 2. The van der Waals surface area contributed by atoms with Crippen LogP contribution in [0.2, 0.25) is 0 Å². The van der Waals surface area contributed by atoms with Crippen LogP contribution in [0, 0.1) is 0 Å². The van der Waals surface area contributed by atoms with Gasteiger partial charge in [0.05, 0.1) is 30.6 Å². The SMILES string of the molecule is CCCCCCOC(=O)/N=C(/N)c1ccc(NCc2nc3cc(C(=O)N(CCC(=O)OCOC(=O)OC4CCC4)c4ccccn4)ccc3n2C)cc1. The summed E-state index contributed by atoms with van der Waals surface area (Å²) in [6, 6.07) is 17.5. The maximum atomic E-state index is 13.8. The van der Waals surface area contributed by atoms with E-state index < -0.39 is 25.0 Å². The molecule has 0 bridgehead atoms. The normalized spacial score (nSPS) is 12.8. The van der Waals surface area contributed by atoms with E-state index in [-0.39, 0.29) is 30.8 Å². The number of amidine groups is 1. The minimum Gasteiger partial charge on any atom is -0.448 e. The highest BCUT2D eigenvalue weighted by Gasteiger charge is 2.24. The van der Waals surface area contributed by atoms with Crippen LogP contribution in [0.5, 0.6) is 0 Å². The third-order valence-corrected chi connectivity index (χ3v) is 8.71. The molecule has 1 aliphatic rings. The van der Waals surface area contributed by atoms with Crippen molar-refractivity contribution in [1.29, 1.82) is 0 Å². The smallest absolute Gasteiger partial charge is 0.448 e. The van der Waals surface area contributed by atoms with Crippen LogP contribution in [0.15, 0.2) is 71.9 Å². The van der Waals surface area contributed by atoms with E-state index in [0.717, 1.165) is 62.0 Å². The third kappa shape index (κ3) is 11.0. The van der Waals surface area contributed by atoms with Crippen molar-refractivity contribution < 1.29 is 38.1 Å². The number of imidazole rings is 1. The number of esters is 1. The molecule has 53 heavy (non-hydrogen) atoms. The Bertz CT molecular complexity index is 1890. The maximum absolute atomic E-state index is 13.8. The fraction of sp³-hybridized carbons (Fsp3) is 0.395. The molecule has 15 heteroatoms. The van der Waals surface area contributed by atoms with Crippen molar-refractivity contribution in [3.05, 3.63) is 83.8 Å². The Kier molecular flexibility index (Phi) is 13.7. The number of unbranched alkanes of at least 4 members (excludes halogenated alkanes) is 3. The monoisotopic (exact) mass is 727 g/mol. The van der Waals surface area contributed by atoms with E-state index in [2.05, 4.69) is 22.2 Å². The highest BCUT2D eigenvalue weighted by molar-refractivity contribution is 6.07. The first-order chi connectivity index (χ1) is 25.7. The average Bonchev–Trinajstić information content (AvgIpc) is 3.46. The fourth-order valence-corrected chi connectivity index (χ4v) is 5.43. The van der Waals surface area contributed by atoms with Crippen LogP contribution in [0.1, 0.15) is 80.0 Å². The maximum Gasteiger partial charge on any atom is 0.511 e. The van der Waals surface area contributed by atoms with E-state index in [4.69, 9.17) is 29.7 Å². The minimum absolute atomic E-state index is 0.0316. The van der Waals surface area contributed by atoms with Gasteiger partial charge in [0.25, 0.3) is 5.91 Å². The van der Waals surface area contributed by atoms with Gasteiger partial charge in [0, 0.05) is 36.6 Å². The lowest BCUT2D eigenvalue weighted by Gasteiger charge is -2.24. The first-order valence-electron chi connectivity index (χ1n) is 17.7. The number of amides is 2. The molecule has 2 aromatic carbocycles. The van der Waals surface area contributed by atoms with Gasteiger partial charge in [-0.2, -0.15) is 4.99 Å². The van der Waals surface area contributed by atoms with Gasteiger partial charge in [-0.1, -0.05) is 32.3 Å². The van der Waals surface area contributed by atoms with E-state index in [0.29, 0.717) is 35.6 Å². The van der Waals surface area contributed by atoms with Crippen molar-refractivity contribution in [3.8, 4) is 0 Å². The van der Waals surface area contributed by atoms with Crippen LogP contribution in [-0.2, 0) is 37.3 Å². The van der Waals surface area contributed by atoms with Gasteiger partial charge >= 0.3 is 18.2 Å². The van der Waals surface area contributed by atoms with Gasteiger partial charge < -0.3 is 34.6 Å². The predicted molar refractivity (Wildman–Crippen MR) is 197 cm³/mol. The summed E-state index contributed by atoms with van der Waals surface area (Å²) >= 11 is 0. The first kappa shape index (κ1) is 38.2. The van der Waals surface area contributed by atoms with Crippen LogP contribution >= 0.6 is 0 Å². The summed E-state index contributed by atoms with van der Waals surface area (Å²) in [5, 5.41) is 3.34. The zero-order valence-electron chi connectivity index (χ0n) is 30.0. The number of nitrogens with one attached hydrogen (secondary N) is 1. The van der Waals surface area contributed by atoms with Gasteiger partial charge in [0.1, 0.15) is 23.6 Å². The quantitative estimate of drug-likeness (QED) is 0.0311. The number of benzene rings is 2. The molecule has 0 saturated heterocycles. The topological polar surface area (TPSA) is 190 Å². The molecule has 0 spiro atoms. The summed E-state index contributed by atoms with van der Waals surface area (Å²) in [5.41, 5.74) is 9.20. The Hall–Kier alpha value is -5.99. The molecule has 15 nitrogen and oxygen atoms in total. The number of rotatable bonds is 17. The standard InChI is InChI=1S/C38H45N7O8/c1-3-4-5-8-22-50-37(48)43-35(39)26-13-16-28(17-14-26)41-24-33-42-30-23-27(15-18-31(30)44(33)2)36(47)45(32-12-6-7-20-40-32)21-19-34(46)51-25-52-38(49)53-29-10-9-11-29/h6-7,12-18,20,23,29,41H,3-5,8-11,19,21-22,24-25H2,1-2H3,(H2,39,43,48). The summed E-state index contributed by atoms with van der Waals surface area (Å²) in [7, 11) is 1.89. The van der Waals surface area contributed by atoms with Crippen molar-refractivity contribution >= 4 is 52.5 Å². The van der Waals surface area contributed by atoms with E-state index in [1.165, 1.54) is 4.90 Å². The second-order valence-corrected chi connectivity index (χ2v) is 12.5. The van der Waals surface area contributed by atoms with Gasteiger partial charge in [-0.25, -0.2) is 19.6 Å². The van der Waals surface area contributed by atoms with Crippen LogP contribution in [0.4, 0.5) is 21.1 Å². The molecule has 0 atom stereocenters. The second-order valence-electron chi connectivity index (χ2n) is 12.5. The molecule has 0 radical (unpaired) electrons. The number of aliphatic imine (C=N–C) groups is 1. The molecule has 1 saturated carbocycles. The van der Waals surface area contributed by atoms with Crippen molar-refractivity contribution in [3.63, 3.8) is 0 Å². The molecule has 1 fully saturated rings. The Labute approximate surface area is 307 Å². The highest BCUT2D eigenvalue weighted by Crippen LogP contribution is 2.23. The molecule has 2 amide bonds. The number of nitrogens with zero attached hydrogens (tertiary/aromatic N) is 5. The number of fused-ring (bicyclic) bond motifs is 1. The van der Waals surface area contributed by atoms with Gasteiger partial charge in [0.15, 0.2) is 0 Å². The number of carbonyl (C=O) groups excluding carboxylic acids is 4. The van der Waals surface area contributed by atoms with E-state index >= 15 is 0 Å². The zero-order valence-corrected chi connectivity index (χ0v) is 30.0. The molecule has 0 unspecified atom stereocenters. The Morgan fingerprint density at radius 1 is 0.981 bits per heavy atom. The fourth-order valence-electron chi connectivity index (χ4n) is 5.43. The first-order valence-corrected chi connectivity index (χ1v) is 17.7. The van der Waals surface area contributed by atoms with Crippen LogP contribution < -0.4 is 16.0 Å². The lowest BCUT2D eigenvalue weighted by molar-refractivity contribution is -0.153. The van der Waals surface area contributed by atoms with Crippen molar-refractivity contribution in [2.24, 2.45) is 17.8 Å². The summed E-state index contributed by atoms with van der Waals surface area (Å²) in [4.78, 5) is 64.3. The number of ether oxygens (including phenoxy) is 4. The van der Waals surface area contributed by atoms with Gasteiger partial charge in [0.2, 0.25) is 6.79 Å². The summed E-state index contributed by atoms with van der Waals surface area (Å²) in [5.74, 6) is 0.108. The Morgan fingerprint density at radius 2 is 1.77 bits per heavy atom. The number of nitrogens with two attached hydrogens (primary N) is 1. The van der Waals surface area contributed by atoms with Crippen LogP contribution in [0.3, 0.4) is 0 Å². The van der Waals surface area contributed by atoms with E-state index in [9.17, 15) is 19.2 Å². The molecular weight excluding hydrogens is 682 g/mol. The van der Waals surface area contributed by atoms with Crippen molar-refractivity contribution in [1.82, 2.24) is 14.5 Å². The lowest BCUT2D eigenvalue weighted by Crippen LogP contribution is -2.34.